The highest BCUT2D eigenvalue weighted by molar-refractivity contribution is 6.30. The van der Waals surface area contributed by atoms with Crippen LogP contribution < -0.4 is 0 Å². The van der Waals surface area contributed by atoms with Crippen molar-refractivity contribution in [3.8, 4) is 0 Å². The van der Waals surface area contributed by atoms with Gasteiger partial charge in [-0.05, 0) is 29.7 Å². The highest BCUT2D eigenvalue weighted by Crippen LogP contribution is 2.54. The largest absolute Gasteiger partial charge is 0.314 e. The molecule has 2 aliphatic heterocycles. The van der Waals surface area contributed by atoms with E-state index >= 15 is 0 Å². The maximum atomic E-state index is 13.2. The number of fused-ring (bicyclic) bond motifs is 3. The van der Waals surface area contributed by atoms with E-state index in [0.29, 0.717) is 0 Å². The molecule has 0 aromatic heterocycles. The number of carbonyl (C=O) groups is 1. The van der Waals surface area contributed by atoms with Gasteiger partial charge in [-0.25, -0.2) is 0 Å². The van der Waals surface area contributed by atoms with Crippen LogP contribution in [-0.2, 0) is 17.0 Å². The molecule has 0 radical (unpaired) electrons. The van der Waals surface area contributed by atoms with Crippen LogP contribution in [0.1, 0.15) is 17.5 Å². The van der Waals surface area contributed by atoms with Gasteiger partial charge in [0.15, 0.2) is 0 Å². The summed E-state index contributed by atoms with van der Waals surface area (Å²) in [6.07, 6.45) is 7.08. The van der Waals surface area contributed by atoms with Crippen molar-refractivity contribution in [3.63, 3.8) is 0 Å². The number of hydrogen-bond donors (Lipinski definition) is 0. The topological polar surface area (TPSA) is 23.6 Å². The number of hydrogen-bond acceptors (Lipinski definition) is 2. The number of rotatable bonds is 3. The Morgan fingerprint density at radius 3 is 2.59 bits per heavy atom. The monoisotopic (exact) mass is 376 g/mol. The summed E-state index contributed by atoms with van der Waals surface area (Å²) in [7, 11) is 0. The second-order valence-electron chi connectivity index (χ2n) is 7.44. The molecule has 0 bridgehead atoms. The lowest BCUT2D eigenvalue weighted by Gasteiger charge is -2.44. The van der Waals surface area contributed by atoms with Gasteiger partial charge in [-0.15, -0.1) is 0 Å². The van der Waals surface area contributed by atoms with Gasteiger partial charge < -0.3 is 4.90 Å². The number of allylic oxidation sites excluding steroid dienone is 3. The third-order valence-corrected chi connectivity index (χ3v) is 6.36. The highest BCUT2D eigenvalue weighted by atomic mass is 35.5. The number of halogens is 1. The molecule has 4 heteroatoms. The minimum Gasteiger partial charge on any atom is -0.314 e. The molecule has 0 spiro atoms. The van der Waals surface area contributed by atoms with Crippen LogP contribution in [0.2, 0.25) is 5.02 Å². The number of carbonyl (C=O) groups excluding carboxylic acids is 1. The number of amides is 1. The van der Waals surface area contributed by atoms with Crippen molar-refractivity contribution in [1.29, 1.82) is 0 Å². The number of nitrogens with zero attached hydrogens (tertiary/aromatic N) is 2. The Morgan fingerprint density at radius 1 is 1.04 bits per heavy atom. The summed E-state index contributed by atoms with van der Waals surface area (Å²) in [5.74, 6) is 0.317. The van der Waals surface area contributed by atoms with Gasteiger partial charge in [0.25, 0.3) is 5.91 Å². The zero-order valence-electron chi connectivity index (χ0n) is 15.0. The first-order valence-corrected chi connectivity index (χ1v) is 9.83. The summed E-state index contributed by atoms with van der Waals surface area (Å²) >= 11 is 6.17. The van der Waals surface area contributed by atoms with E-state index < -0.39 is 5.66 Å². The lowest BCUT2D eigenvalue weighted by molar-refractivity contribution is -0.131. The molecule has 2 fully saturated rings. The van der Waals surface area contributed by atoms with Crippen molar-refractivity contribution in [2.24, 2.45) is 5.92 Å². The Hall–Kier alpha value is -2.36. The molecule has 2 unspecified atom stereocenters. The predicted octanol–water partition coefficient (Wildman–Crippen LogP) is 4.35. The van der Waals surface area contributed by atoms with Crippen LogP contribution in [0.5, 0.6) is 0 Å². The highest BCUT2D eigenvalue weighted by Gasteiger charge is 2.62. The van der Waals surface area contributed by atoms with Crippen LogP contribution in [0.25, 0.3) is 0 Å². The molecule has 1 aliphatic carbocycles. The average Bonchev–Trinajstić information content (AvgIpc) is 3.19. The molecule has 2 saturated heterocycles. The molecule has 0 N–H and O–H groups in total. The normalized spacial score (nSPS) is 26.9. The lowest BCUT2D eigenvalue weighted by atomic mass is 9.79. The summed E-state index contributed by atoms with van der Waals surface area (Å²) in [4.78, 5) is 17.8. The minimum absolute atomic E-state index is 0.141. The quantitative estimate of drug-likeness (QED) is 0.794. The molecule has 27 heavy (non-hydrogen) atoms. The molecular weight excluding hydrogens is 356 g/mol. The van der Waals surface area contributed by atoms with Crippen LogP contribution in [-0.4, -0.2) is 28.8 Å². The molecule has 2 heterocycles. The molecule has 0 saturated carbocycles. The SMILES string of the molecule is O=C1C2=CC=CCC2C2(c3ccc(Cl)cc3)N(Cc3ccccc3)CCN12. The Labute approximate surface area is 164 Å². The third kappa shape index (κ3) is 2.42. The zero-order valence-corrected chi connectivity index (χ0v) is 15.8. The van der Waals surface area contributed by atoms with Gasteiger partial charge in [0.05, 0.1) is 0 Å². The Morgan fingerprint density at radius 2 is 1.81 bits per heavy atom. The molecular formula is C23H21ClN2O. The van der Waals surface area contributed by atoms with E-state index in [9.17, 15) is 4.79 Å². The second-order valence-corrected chi connectivity index (χ2v) is 7.87. The Kier molecular flexibility index (Phi) is 3.96. The summed E-state index contributed by atoms with van der Waals surface area (Å²) in [5.41, 5.74) is 2.92. The summed E-state index contributed by atoms with van der Waals surface area (Å²) < 4.78 is 0. The van der Waals surface area contributed by atoms with Crippen molar-refractivity contribution < 1.29 is 4.79 Å². The van der Waals surface area contributed by atoms with Gasteiger partial charge in [0.1, 0.15) is 5.66 Å². The van der Waals surface area contributed by atoms with Crippen LogP contribution in [0, 0.1) is 5.92 Å². The summed E-state index contributed by atoms with van der Waals surface area (Å²) in [6, 6.07) is 18.6. The molecule has 2 atom stereocenters. The molecule has 5 rings (SSSR count). The fraction of sp³-hybridized carbons (Fsp3) is 0.261. The van der Waals surface area contributed by atoms with Crippen molar-refractivity contribution in [2.75, 3.05) is 13.1 Å². The van der Waals surface area contributed by atoms with E-state index in [4.69, 9.17) is 11.6 Å². The van der Waals surface area contributed by atoms with Crippen molar-refractivity contribution in [2.45, 2.75) is 18.6 Å². The maximum absolute atomic E-state index is 13.2. The van der Waals surface area contributed by atoms with Crippen LogP contribution >= 0.6 is 11.6 Å². The van der Waals surface area contributed by atoms with Gasteiger partial charge in [-0.3, -0.25) is 9.69 Å². The van der Waals surface area contributed by atoms with Crippen LogP contribution in [0.4, 0.5) is 0 Å². The maximum Gasteiger partial charge on any atom is 0.252 e. The van der Waals surface area contributed by atoms with E-state index in [1.165, 1.54) is 5.56 Å². The van der Waals surface area contributed by atoms with Crippen molar-refractivity contribution in [3.05, 3.63) is 94.5 Å². The van der Waals surface area contributed by atoms with E-state index in [1.807, 2.05) is 30.4 Å². The van der Waals surface area contributed by atoms with E-state index in [-0.39, 0.29) is 11.8 Å². The molecule has 2 aromatic carbocycles. The smallest absolute Gasteiger partial charge is 0.252 e. The number of benzene rings is 2. The predicted molar refractivity (Wildman–Crippen MR) is 107 cm³/mol. The molecule has 2 aromatic rings. The fourth-order valence-corrected chi connectivity index (χ4v) is 5.15. The molecule has 1 amide bonds. The van der Waals surface area contributed by atoms with E-state index in [1.54, 1.807) is 0 Å². The first kappa shape index (κ1) is 16.8. The van der Waals surface area contributed by atoms with Gasteiger partial charge in [0.2, 0.25) is 0 Å². The average molecular weight is 377 g/mol. The third-order valence-electron chi connectivity index (χ3n) is 6.11. The van der Waals surface area contributed by atoms with Crippen molar-refractivity contribution >= 4 is 17.5 Å². The van der Waals surface area contributed by atoms with Gasteiger partial charge in [-0.1, -0.05) is 72.3 Å². The summed E-state index contributed by atoms with van der Waals surface area (Å²) in [5, 5.41) is 0.720. The van der Waals surface area contributed by atoms with E-state index in [0.717, 1.165) is 42.2 Å². The van der Waals surface area contributed by atoms with Crippen LogP contribution in [0.3, 0.4) is 0 Å². The van der Waals surface area contributed by atoms with Crippen molar-refractivity contribution in [1.82, 2.24) is 9.80 Å². The minimum atomic E-state index is -0.436. The fourth-order valence-electron chi connectivity index (χ4n) is 5.02. The van der Waals surface area contributed by atoms with E-state index in [2.05, 4.69) is 52.3 Å². The Balaban J connectivity index is 1.66. The summed E-state index contributed by atoms with van der Waals surface area (Å²) in [6.45, 7) is 2.44. The Bertz CT molecular complexity index is 935. The lowest BCUT2D eigenvalue weighted by Crippen LogP contribution is -2.51. The molecule has 3 aliphatic rings. The first-order valence-electron chi connectivity index (χ1n) is 9.45. The van der Waals surface area contributed by atoms with Gasteiger partial charge in [-0.2, -0.15) is 0 Å². The van der Waals surface area contributed by atoms with Gasteiger partial charge in [0, 0.05) is 36.1 Å². The standard InChI is InChI=1S/C23H21ClN2O/c24-19-12-10-18(11-13-19)23-21-9-5-4-8-20(21)22(27)26(23)15-14-25(23)16-17-6-2-1-3-7-17/h1-8,10-13,21H,9,14-16H2. The molecule has 3 nitrogen and oxygen atoms in total. The second kappa shape index (κ2) is 6.36. The van der Waals surface area contributed by atoms with Gasteiger partial charge >= 0.3 is 0 Å². The zero-order chi connectivity index (χ0) is 18.4. The molecule has 136 valence electrons. The van der Waals surface area contributed by atoms with Crippen LogP contribution in [0.15, 0.2) is 78.4 Å². The first-order chi connectivity index (χ1) is 13.2.